The molecule has 106 valence electrons. The summed E-state index contributed by atoms with van der Waals surface area (Å²) in [7, 11) is 0. The molecule has 0 aliphatic carbocycles. The van der Waals surface area contributed by atoms with Gasteiger partial charge in [0.05, 0.1) is 18.2 Å². The molecule has 1 unspecified atom stereocenters. The van der Waals surface area contributed by atoms with Gasteiger partial charge in [0, 0.05) is 15.9 Å². The number of benzene rings is 1. The maximum Gasteiger partial charge on any atom is 0.229 e. The van der Waals surface area contributed by atoms with Crippen molar-refractivity contribution < 1.29 is 4.79 Å². The van der Waals surface area contributed by atoms with E-state index in [4.69, 9.17) is 0 Å². The van der Waals surface area contributed by atoms with Gasteiger partial charge < -0.3 is 5.32 Å². The highest BCUT2D eigenvalue weighted by molar-refractivity contribution is 9.10. The lowest BCUT2D eigenvalue weighted by atomic mass is 10.1. The van der Waals surface area contributed by atoms with Crippen molar-refractivity contribution in [2.45, 2.75) is 27.3 Å². The summed E-state index contributed by atoms with van der Waals surface area (Å²) in [6.45, 7) is 6.45. The van der Waals surface area contributed by atoms with Crippen molar-refractivity contribution in [2.75, 3.05) is 5.32 Å². The number of rotatable bonds is 4. The van der Waals surface area contributed by atoms with Gasteiger partial charge in [0.1, 0.15) is 0 Å². The molecule has 1 amide bonds. The van der Waals surface area contributed by atoms with Crippen LogP contribution in [0.2, 0.25) is 0 Å². The standard InChI is InChI=1S/C15H18BrN3O/c1-10(9-19-12(3)8-11(2)18-19)15(20)17-14-6-4-13(16)5-7-14/h4-8,10H,9H2,1-3H3,(H,17,20). The van der Waals surface area contributed by atoms with Gasteiger partial charge in [0.25, 0.3) is 0 Å². The van der Waals surface area contributed by atoms with Crippen LogP contribution in [0.25, 0.3) is 0 Å². The van der Waals surface area contributed by atoms with Crippen LogP contribution in [0, 0.1) is 19.8 Å². The van der Waals surface area contributed by atoms with Gasteiger partial charge in [-0.15, -0.1) is 0 Å². The van der Waals surface area contributed by atoms with Crippen molar-refractivity contribution in [3.8, 4) is 0 Å². The Kier molecular flexibility index (Phi) is 4.60. The Morgan fingerprint density at radius 3 is 2.55 bits per heavy atom. The molecule has 0 aliphatic heterocycles. The Labute approximate surface area is 127 Å². The average Bonchev–Trinajstić information content (AvgIpc) is 2.70. The van der Waals surface area contributed by atoms with Crippen molar-refractivity contribution in [1.82, 2.24) is 9.78 Å². The van der Waals surface area contributed by atoms with Gasteiger partial charge in [-0.05, 0) is 44.2 Å². The Bertz CT molecular complexity index is 604. The number of aryl methyl sites for hydroxylation is 2. The molecule has 20 heavy (non-hydrogen) atoms. The second kappa shape index (κ2) is 6.22. The van der Waals surface area contributed by atoms with E-state index < -0.39 is 0 Å². The first-order chi connectivity index (χ1) is 9.45. The van der Waals surface area contributed by atoms with E-state index >= 15 is 0 Å². The maximum atomic E-state index is 12.2. The van der Waals surface area contributed by atoms with Crippen LogP contribution in [-0.4, -0.2) is 15.7 Å². The third kappa shape index (κ3) is 3.70. The normalized spacial score (nSPS) is 12.2. The Hall–Kier alpha value is -1.62. The van der Waals surface area contributed by atoms with Crippen molar-refractivity contribution in [2.24, 2.45) is 5.92 Å². The Morgan fingerprint density at radius 2 is 2.00 bits per heavy atom. The summed E-state index contributed by atoms with van der Waals surface area (Å²) in [5, 5.41) is 7.30. The summed E-state index contributed by atoms with van der Waals surface area (Å²) in [6, 6.07) is 9.57. The quantitative estimate of drug-likeness (QED) is 0.928. The summed E-state index contributed by atoms with van der Waals surface area (Å²) >= 11 is 3.37. The fourth-order valence-corrected chi connectivity index (χ4v) is 2.27. The van der Waals surface area contributed by atoms with Gasteiger partial charge in [-0.1, -0.05) is 22.9 Å². The highest BCUT2D eigenvalue weighted by atomic mass is 79.9. The van der Waals surface area contributed by atoms with Gasteiger partial charge in [0.15, 0.2) is 0 Å². The summed E-state index contributed by atoms with van der Waals surface area (Å²) in [5.41, 5.74) is 2.85. The molecule has 0 radical (unpaired) electrons. The molecule has 1 aromatic carbocycles. The molecule has 4 nitrogen and oxygen atoms in total. The van der Waals surface area contributed by atoms with Gasteiger partial charge >= 0.3 is 0 Å². The smallest absolute Gasteiger partial charge is 0.229 e. The average molecular weight is 336 g/mol. The SMILES string of the molecule is Cc1cc(C)n(CC(C)C(=O)Nc2ccc(Br)cc2)n1. The van der Waals surface area contributed by atoms with E-state index in [-0.39, 0.29) is 11.8 Å². The maximum absolute atomic E-state index is 12.2. The van der Waals surface area contributed by atoms with Gasteiger partial charge in [0.2, 0.25) is 5.91 Å². The predicted molar refractivity (Wildman–Crippen MR) is 83.6 cm³/mol. The molecule has 5 heteroatoms. The van der Waals surface area contributed by atoms with Crippen LogP contribution in [0.15, 0.2) is 34.8 Å². The number of anilines is 1. The van der Waals surface area contributed by atoms with E-state index in [0.717, 1.165) is 21.5 Å². The van der Waals surface area contributed by atoms with Gasteiger partial charge in [-0.3, -0.25) is 9.48 Å². The summed E-state index contributed by atoms with van der Waals surface area (Å²) < 4.78 is 2.87. The fraction of sp³-hybridized carbons (Fsp3) is 0.333. The number of halogens is 1. The zero-order chi connectivity index (χ0) is 14.7. The molecule has 1 N–H and O–H groups in total. The third-order valence-electron chi connectivity index (χ3n) is 3.11. The van der Waals surface area contributed by atoms with Crippen LogP contribution in [0.4, 0.5) is 5.69 Å². The molecule has 0 saturated carbocycles. The predicted octanol–water partition coefficient (Wildman–Crippen LogP) is 3.54. The fourth-order valence-electron chi connectivity index (χ4n) is 2.00. The van der Waals surface area contributed by atoms with Crippen molar-refractivity contribution in [3.63, 3.8) is 0 Å². The number of amides is 1. The molecule has 1 atom stereocenters. The van der Waals surface area contributed by atoms with Crippen LogP contribution in [0.3, 0.4) is 0 Å². The molecule has 0 spiro atoms. The molecule has 0 fully saturated rings. The third-order valence-corrected chi connectivity index (χ3v) is 3.64. The topological polar surface area (TPSA) is 46.9 Å². The van der Waals surface area contributed by atoms with E-state index in [1.807, 2.05) is 55.8 Å². The number of aromatic nitrogens is 2. The number of carbonyl (C=O) groups excluding carboxylic acids is 1. The largest absolute Gasteiger partial charge is 0.326 e. The molecule has 2 aromatic rings. The summed E-state index contributed by atoms with van der Waals surface area (Å²) in [5.74, 6) is -0.142. The van der Waals surface area contributed by atoms with Crippen LogP contribution < -0.4 is 5.32 Å². The first kappa shape index (κ1) is 14.8. The lowest BCUT2D eigenvalue weighted by Crippen LogP contribution is -2.25. The number of nitrogens with one attached hydrogen (secondary N) is 1. The van der Waals surface area contributed by atoms with Gasteiger partial charge in [-0.2, -0.15) is 5.10 Å². The van der Waals surface area contributed by atoms with Crippen LogP contribution >= 0.6 is 15.9 Å². The molecule has 0 bridgehead atoms. The van der Waals surface area contributed by atoms with E-state index in [1.54, 1.807) is 0 Å². The Morgan fingerprint density at radius 1 is 1.35 bits per heavy atom. The van der Waals surface area contributed by atoms with Crippen LogP contribution in [-0.2, 0) is 11.3 Å². The first-order valence-corrected chi connectivity index (χ1v) is 7.32. The molecular formula is C15H18BrN3O. The minimum absolute atomic E-state index is 0.000115. The monoisotopic (exact) mass is 335 g/mol. The zero-order valence-electron chi connectivity index (χ0n) is 11.9. The highest BCUT2D eigenvalue weighted by Crippen LogP contribution is 2.15. The molecule has 0 aliphatic rings. The van der Waals surface area contributed by atoms with Crippen LogP contribution in [0.5, 0.6) is 0 Å². The number of hydrogen-bond acceptors (Lipinski definition) is 2. The minimum Gasteiger partial charge on any atom is -0.326 e. The summed E-state index contributed by atoms with van der Waals surface area (Å²) in [6.07, 6.45) is 0. The van der Waals surface area contributed by atoms with Crippen molar-refractivity contribution >= 4 is 27.5 Å². The molecule has 1 aromatic heterocycles. The van der Waals surface area contributed by atoms with E-state index in [2.05, 4.69) is 26.3 Å². The molecule has 1 heterocycles. The van der Waals surface area contributed by atoms with Gasteiger partial charge in [-0.25, -0.2) is 0 Å². The second-order valence-electron chi connectivity index (χ2n) is 5.01. The minimum atomic E-state index is -0.142. The zero-order valence-corrected chi connectivity index (χ0v) is 13.4. The van der Waals surface area contributed by atoms with Crippen molar-refractivity contribution in [1.29, 1.82) is 0 Å². The highest BCUT2D eigenvalue weighted by Gasteiger charge is 2.15. The van der Waals surface area contributed by atoms with E-state index in [1.165, 1.54) is 0 Å². The first-order valence-electron chi connectivity index (χ1n) is 6.53. The Balaban J connectivity index is 1.98. The summed E-state index contributed by atoms with van der Waals surface area (Å²) in [4.78, 5) is 12.2. The lowest BCUT2D eigenvalue weighted by molar-refractivity contribution is -0.119. The number of hydrogen-bond donors (Lipinski definition) is 1. The van der Waals surface area contributed by atoms with Crippen LogP contribution in [0.1, 0.15) is 18.3 Å². The van der Waals surface area contributed by atoms with Crippen molar-refractivity contribution in [3.05, 3.63) is 46.2 Å². The lowest BCUT2D eigenvalue weighted by Gasteiger charge is -2.13. The van der Waals surface area contributed by atoms with E-state index in [9.17, 15) is 4.79 Å². The van der Waals surface area contributed by atoms with E-state index in [0.29, 0.717) is 6.54 Å². The molecular weight excluding hydrogens is 318 g/mol. The molecule has 0 saturated heterocycles. The molecule has 2 rings (SSSR count). The second-order valence-corrected chi connectivity index (χ2v) is 5.92. The number of nitrogens with zero attached hydrogens (tertiary/aromatic N) is 2. The number of carbonyl (C=O) groups is 1.